The number of amides is 4. The van der Waals surface area contributed by atoms with Crippen molar-refractivity contribution in [2.75, 3.05) is 32.8 Å². The van der Waals surface area contributed by atoms with E-state index in [2.05, 4.69) is 0 Å². The standard InChI is InChI=1S/C28H26F3N3O5S/c29-28(30,31)21-8-6-18(7-9-21)17-34-26(37)23(40-27(34)38)16-19-3-1-4-20(15-19)24(35)32-10-12-33(13-11-32)25(36)22-5-2-14-39-22/h1,3-4,6-9,15-16,22H,2,5,10-14,17H2/b23-16-. The molecule has 5 rings (SSSR count). The molecule has 12 heteroatoms. The quantitative estimate of drug-likeness (QED) is 0.493. The molecule has 0 bridgehead atoms. The van der Waals surface area contributed by atoms with E-state index in [0.717, 1.165) is 41.6 Å². The van der Waals surface area contributed by atoms with Crippen LogP contribution in [0.5, 0.6) is 0 Å². The Morgan fingerprint density at radius 3 is 2.35 bits per heavy atom. The van der Waals surface area contributed by atoms with Crippen molar-refractivity contribution in [1.82, 2.24) is 14.7 Å². The van der Waals surface area contributed by atoms with E-state index in [0.29, 0.717) is 49.5 Å². The lowest BCUT2D eigenvalue weighted by Crippen LogP contribution is -2.52. The van der Waals surface area contributed by atoms with Gasteiger partial charge in [-0.15, -0.1) is 0 Å². The largest absolute Gasteiger partial charge is 0.416 e. The van der Waals surface area contributed by atoms with Crippen LogP contribution in [0, 0.1) is 0 Å². The average molecular weight is 574 g/mol. The van der Waals surface area contributed by atoms with Gasteiger partial charge in [-0.1, -0.05) is 24.3 Å². The lowest BCUT2D eigenvalue weighted by atomic mass is 10.1. The van der Waals surface area contributed by atoms with Crippen molar-refractivity contribution >= 4 is 40.8 Å². The molecule has 1 atom stereocenters. The van der Waals surface area contributed by atoms with Gasteiger partial charge in [0.05, 0.1) is 17.0 Å². The summed E-state index contributed by atoms with van der Waals surface area (Å²) in [5.74, 6) is -0.785. The molecule has 0 aromatic heterocycles. The van der Waals surface area contributed by atoms with Gasteiger partial charge in [-0.05, 0) is 66.1 Å². The molecule has 3 saturated heterocycles. The minimum atomic E-state index is -4.47. The minimum absolute atomic E-state index is 0.0288. The van der Waals surface area contributed by atoms with Crippen molar-refractivity contribution in [2.45, 2.75) is 31.7 Å². The monoisotopic (exact) mass is 573 g/mol. The number of ether oxygens (including phenoxy) is 1. The van der Waals surface area contributed by atoms with Gasteiger partial charge < -0.3 is 14.5 Å². The Kier molecular flexibility index (Phi) is 7.99. The highest BCUT2D eigenvalue weighted by Gasteiger charge is 2.36. The van der Waals surface area contributed by atoms with E-state index in [1.54, 1.807) is 34.1 Å². The fourth-order valence-corrected chi connectivity index (χ4v) is 5.66. The van der Waals surface area contributed by atoms with E-state index in [1.165, 1.54) is 18.2 Å². The third-order valence-electron chi connectivity index (χ3n) is 7.01. The average Bonchev–Trinajstić information content (AvgIpc) is 3.57. The maximum atomic E-state index is 13.2. The molecule has 3 heterocycles. The summed E-state index contributed by atoms with van der Waals surface area (Å²) in [5, 5.41) is -0.529. The second-order valence-corrected chi connectivity index (χ2v) is 10.7. The first kappa shape index (κ1) is 27.9. The van der Waals surface area contributed by atoms with E-state index in [9.17, 15) is 32.3 Å². The fraction of sp³-hybridized carbons (Fsp3) is 0.357. The second-order valence-electron chi connectivity index (χ2n) is 9.71. The Hall–Kier alpha value is -3.64. The zero-order valence-electron chi connectivity index (χ0n) is 21.4. The molecule has 0 N–H and O–H groups in total. The summed E-state index contributed by atoms with van der Waals surface area (Å²) in [5.41, 5.74) is 0.546. The number of carbonyl (C=O) groups is 4. The van der Waals surface area contributed by atoms with Crippen molar-refractivity contribution in [1.29, 1.82) is 0 Å². The fourth-order valence-electron chi connectivity index (χ4n) is 4.82. The van der Waals surface area contributed by atoms with Crippen LogP contribution in [0.15, 0.2) is 53.4 Å². The highest BCUT2D eigenvalue weighted by atomic mass is 32.2. The molecule has 0 aliphatic carbocycles. The van der Waals surface area contributed by atoms with Crippen LogP contribution in [-0.2, 0) is 27.0 Å². The lowest BCUT2D eigenvalue weighted by Gasteiger charge is -2.35. The molecule has 0 saturated carbocycles. The smallest absolute Gasteiger partial charge is 0.368 e. The molecule has 8 nitrogen and oxygen atoms in total. The number of rotatable bonds is 5. The summed E-state index contributed by atoms with van der Waals surface area (Å²) in [4.78, 5) is 55.7. The Morgan fingerprint density at radius 1 is 1.00 bits per heavy atom. The number of imide groups is 1. The van der Waals surface area contributed by atoms with Gasteiger partial charge in [-0.25, -0.2) is 0 Å². The maximum absolute atomic E-state index is 13.2. The van der Waals surface area contributed by atoms with Gasteiger partial charge in [0.2, 0.25) is 0 Å². The van der Waals surface area contributed by atoms with Crippen LogP contribution < -0.4 is 0 Å². The number of thioether (sulfide) groups is 1. The SMILES string of the molecule is O=C(c1cccc(/C=C2\SC(=O)N(Cc3ccc(C(F)(F)F)cc3)C2=O)c1)N1CCN(C(=O)C2CCCO2)CC1. The lowest BCUT2D eigenvalue weighted by molar-refractivity contribution is -0.142. The number of benzene rings is 2. The minimum Gasteiger partial charge on any atom is -0.368 e. The van der Waals surface area contributed by atoms with Crippen molar-refractivity contribution in [3.63, 3.8) is 0 Å². The molecule has 3 aliphatic rings. The maximum Gasteiger partial charge on any atom is 0.416 e. The Labute approximate surface area is 232 Å². The molecule has 2 aromatic carbocycles. The number of carbonyl (C=O) groups excluding carboxylic acids is 4. The Balaban J connectivity index is 1.21. The van der Waals surface area contributed by atoms with Gasteiger partial charge in [0, 0.05) is 38.3 Å². The molecular weight excluding hydrogens is 547 g/mol. The highest BCUT2D eigenvalue weighted by Crippen LogP contribution is 2.34. The molecule has 2 aromatic rings. The predicted molar refractivity (Wildman–Crippen MR) is 141 cm³/mol. The molecule has 1 unspecified atom stereocenters. The normalized spacial score (nSPS) is 21.0. The predicted octanol–water partition coefficient (Wildman–Crippen LogP) is 4.41. The molecule has 4 amide bonds. The first-order valence-corrected chi connectivity index (χ1v) is 13.6. The van der Waals surface area contributed by atoms with Gasteiger partial charge in [0.15, 0.2) is 0 Å². The van der Waals surface area contributed by atoms with Gasteiger partial charge >= 0.3 is 6.18 Å². The van der Waals surface area contributed by atoms with E-state index < -0.39 is 22.9 Å². The molecule has 40 heavy (non-hydrogen) atoms. The number of alkyl halides is 3. The summed E-state index contributed by atoms with van der Waals surface area (Å²) >= 11 is 0.734. The molecular formula is C28H26F3N3O5S. The summed E-state index contributed by atoms with van der Waals surface area (Å²) in [7, 11) is 0. The topological polar surface area (TPSA) is 87.2 Å². The van der Waals surface area contributed by atoms with Gasteiger partial charge in [-0.2, -0.15) is 13.2 Å². The first-order chi connectivity index (χ1) is 19.1. The molecule has 3 fully saturated rings. The number of hydrogen-bond acceptors (Lipinski definition) is 6. The Morgan fingerprint density at radius 2 is 1.70 bits per heavy atom. The van der Waals surface area contributed by atoms with Crippen LogP contribution in [0.4, 0.5) is 18.0 Å². The second kappa shape index (κ2) is 11.5. The zero-order valence-corrected chi connectivity index (χ0v) is 22.2. The summed E-state index contributed by atoms with van der Waals surface area (Å²) in [6, 6.07) is 11.0. The van der Waals surface area contributed by atoms with Crippen LogP contribution in [0.1, 0.15) is 39.9 Å². The van der Waals surface area contributed by atoms with Crippen LogP contribution in [0.25, 0.3) is 6.08 Å². The number of hydrogen-bond donors (Lipinski definition) is 0. The Bertz CT molecular complexity index is 1350. The number of nitrogens with zero attached hydrogens (tertiary/aromatic N) is 3. The van der Waals surface area contributed by atoms with E-state index in [1.807, 2.05) is 0 Å². The molecule has 0 spiro atoms. The molecule has 210 valence electrons. The third kappa shape index (κ3) is 6.07. The van der Waals surface area contributed by atoms with Crippen LogP contribution in [0.2, 0.25) is 0 Å². The zero-order chi connectivity index (χ0) is 28.4. The number of halogens is 3. The summed E-state index contributed by atoms with van der Waals surface area (Å²) in [6.45, 7) is 2.08. The molecule has 3 aliphatic heterocycles. The van der Waals surface area contributed by atoms with Gasteiger partial charge in [-0.3, -0.25) is 24.1 Å². The highest BCUT2D eigenvalue weighted by molar-refractivity contribution is 8.18. The van der Waals surface area contributed by atoms with Gasteiger partial charge in [0.25, 0.3) is 23.0 Å². The van der Waals surface area contributed by atoms with E-state index >= 15 is 0 Å². The summed E-state index contributed by atoms with van der Waals surface area (Å²) in [6.07, 6.45) is -1.75. The van der Waals surface area contributed by atoms with Gasteiger partial charge in [0.1, 0.15) is 6.10 Å². The first-order valence-electron chi connectivity index (χ1n) is 12.8. The van der Waals surface area contributed by atoms with Crippen molar-refractivity contribution < 1.29 is 37.1 Å². The van der Waals surface area contributed by atoms with Crippen LogP contribution in [0.3, 0.4) is 0 Å². The van der Waals surface area contributed by atoms with Crippen LogP contribution >= 0.6 is 11.8 Å². The molecule has 0 radical (unpaired) electrons. The number of piperazine rings is 1. The van der Waals surface area contributed by atoms with Crippen molar-refractivity contribution in [3.8, 4) is 0 Å². The van der Waals surface area contributed by atoms with Crippen molar-refractivity contribution in [3.05, 3.63) is 75.7 Å². The third-order valence-corrected chi connectivity index (χ3v) is 7.92. The summed E-state index contributed by atoms with van der Waals surface area (Å²) < 4.78 is 43.9. The van der Waals surface area contributed by atoms with Crippen molar-refractivity contribution in [2.24, 2.45) is 0 Å². The van der Waals surface area contributed by atoms with Crippen LogP contribution in [-0.4, -0.2) is 76.6 Å². The van der Waals surface area contributed by atoms with E-state index in [-0.39, 0.29) is 29.4 Å². The van der Waals surface area contributed by atoms with E-state index in [4.69, 9.17) is 4.74 Å².